The molecule has 1 aromatic carbocycles. The highest BCUT2D eigenvalue weighted by Crippen LogP contribution is 2.25. The fourth-order valence-corrected chi connectivity index (χ4v) is 3.34. The Balaban J connectivity index is 3.11. The van der Waals surface area contributed by atoms with Crippen LogP contribution >= 0.6 is 0 Å². The van der Waals surface area contributed by atoms with Gasteiger partial charge in [0, 0.05) is 6.04 Å². The normalized spacial score (nSPS) is 12.3. The van der Waals surface area contributed by atoms with Crippen LogP contribution in [0.5, 0.6) is 5.75 Å². The Morgan fingerprint density at radius 3 is 2.27 bits per heavy atom. The fourth-order valence-electron chi connectivity index (χ4n) is 1.89. The third-order valence-corrected chi connectivity index (χ3v) is 4.66. The van der Waals surface area contributed by atoms with Gasteiger partial charge in [-0.3, -0.25) is 10.1 Å². The minimum Gasteiger partial charge on any atom is -0.495 e. The van der Waals surface area contributed by atoms with Gasteiger partial charge in [0.1, 0.15) is 10.6 Å². The van der Waals surface area contributed by atoms with E-state index in [4.69, 9.17) is 15.2 Å². The van der Waals surface area contributed by atoms with Crippen LogP contribution in [0.15, 0.2) is 23.1 Å². The summed E-state index contributed by atoms with van der Waals surface area (Å²) in [5.41, 5.74) is 4.70. The highest BCUT2D eigenvalue weighted by Gasteiger charge is 2.25. The van der Waals surface area contributed by atoms with E-state index in [-0.39, 0.29) is 22.3 Å². The first-order chi connectivity index (χ1) is 12.0. The SMILES string of the molecule is COc1ccc(C(=O)OC(C)C(=O)NC(N)=O)cc1S(=O)(=O)NC(C)C. The largest absolute Gasteiger partial charge is 0.495 e. The molecule has 144 valence electrons. The van der Waals surface area contributed by atoms with Gasteiger partial charge in [-0.15, -0.1) is 0 Å². The second kappa shape index (κ2) is 8.63. The van der Waals surface area contributed by atoms with Crippen LogP contribution < -0.4 is 20.5 Å². The summed E-state index contributed by atoms with van der Waals surface area (Å²) in [4.78, 5) is 34.1. The van der Waals surface area contributed by atoms with Crippen molar-refractivity contribution >= 4 is 27.9 Å². The fraction of sp³-hybridized carbons (Fsp3) is 0.400. The van der Waals surface area contributed by atoms with Crippen molar-refractivity contribution in [3.05, 3.63) is 23.8 Å². The zero-order chi connectivity index (χ0) is 20.1. The van der Waals surface area contributed by atoms with E-state index in [2.05, 4.69) is 4.72 Å². The Kier molecular flexibility index (Phi) is 7.10. The molecule has 0 saturated carbocycles. The highest BCUT2D eigenvalue weighted by molar-refractivity contribution is 7.89. The number of nitrogens with one attached hydrogen (secondary N) is 2. The molecule has 0 aliphatic rings. The first kappa shape index (κ1) is 21.4. The van der Waals surface area contributed by atoms with Gasteiger partial charge in [0.25, 0.3) is 5.91 Å². The summed E-state index contributed by atoms with van der Waals surface area (Å²) >= 11 is 0. The van der Waals surface area contributed by atoms with Crippen molar-refractivity contribution in [3.8, 4) is 5.75 Å². The Morgan fingerprint density at radius 1 is 1.15 bits per heavy atom. The van der Waals surface area contributed by atoms with Gasteiger partial charge in [-0.05, 0) is 39.0 Å². The number of esters is 1. The molecule has 1 aromatic rings. The van der Waals surface area contributed by atoms with E-state index in [0.717, 1.165) is 6.07 Å². The van der Waals surface area contributed by atoms with Crippen LogP contribution in [0.2, 0.25) is 0 Å². The van der Waals surface area contributed by atoms with Gasteiger partial charge in [0.15, 0.2) is 6.10 Å². The maximum absolute atomic E-state index is 12.4. The summed E-state index contributed by atoms with van der Waals surface area (Å²) in [6.07, 6.45) is -1.31. The molecule has 1 rings (SSSR count). The molecule has 1 unspecified atom stereocenters. The average molecular weight is 387 g/mol. The van der Waals surface area contributed by atoms with Crippen molar-refractivity contribution in [1.82, 2.24) is 10.0 Å². The smallest absolute Gasteiger partial charge is 0.338 e. The molecule has 0 fully saturated rings. The number of ether oxygens (including phenoxy) is 2. The number of nitrogens with two attached hydrogens (primary N) is 1. The molecule has 11 heteroatoms. The number of rotatable bonds is 7. The molecular weight excluding hydrogens is 366 g/mol. The number of hydrogen-bond donors (Lipinski definition) is 3. The Hall–Kier alpha value is -2.66. The number of carbonyl (C=O) groups excluding carboxylic acids is 3. The first-order valence-electron chi connectivity index (χ1n) is 7.49. The van der Waals surface area contributed by atoms with Gasteiger partial charge in [-0.2, -0.15) is 0 Å². The quantitative estimate of drug-likeness (QED) is 0.561. The number of carbonyl (C=O) groups is 3. The third kappa shape index (κ3) is 5.70. The molecule has 0 heterocycles. The molecule has 26 heavy (non-hydrogen) atoms. The number of methoxy groups -OCH3 is 1. The maximum atomic E-state index is 12.4. The zero-order valence-corrected chi connectivity index (χ0v) is 15.5. The summed E-state index contributed by atoms with van der Waals surface area (Å²) in [7, 11) is -2.65. The third-order valence-electron chi connectivity index (χ3n) is 2.98. The zero-order valence-electron chi connectivity index (χ0n) is 14.7. The number of sulfonamides is 1. The summed E-state index contributed by atoms with van der Waals surface area (Å²) in [6, 6.07) is 2.19. The standard InChI is InChI=1S/C15H21N3O7S/c1-8(2)18-26(22,23)12-7-10(5-6-11(12)24-4)14(20)25-9(3)13(19)17-15(16)21/h5-9,18H,1-4H3,(H3,16,17,19,21). The van der Waals surface area contributed by atoms with E-state index in [9.17, 15) is 22.8 Å². The van der Waals surface area contributed by atoms with E-state index in [1.54, 1.807) is 19.2 Å². The lowest BCUT2D eigenvalue weighted by Crippen LogP contribution is -2.42. The molecule has 0 aromatic heterocycles. The molecule has 0 saturated heterocycles. The monoisotopic (exact) mass is 387 g/mol. The van der Waals surface area contributed by atoms with E-state index in [0.29, 0.717) is 0 Å². The van der Waals surface area contributed by atoms with Crippen LogP contribution in [0.4, 0.5) is 4.79 Å². The molecule has 0 spiro atoms. The Labute approximate surface area is 151 Å². The second-order valence-corrected chi connectivity index (χ2v) is 7.23. The van der Waals surface area contributed by atoms with Crippen molar-refractivity contribution in [2.45, 2.75) is 37.8 Å². The molecule has 3 amide bonds. The number of amides is 3. The molecule has 0 aliphatic carbocycles. The van der Waals surface area contributed by atoms with Crippen LogP contribution in [0, 0.1) is 0 Å². The lowest BCUT2D eigenvalue weighted by molar-refractivity contribution is -0.127. The second-order valence-electron chi connectivity index (χ2n) is 5.54. The molecule has 0 aliphatic heterocycles. The first-order valence-corrected chi connectivity index (χ1v) is 8.98. The lowest BCUT2D eigenvalue weighted by Gasteiger charge is -2.15. The number of primary amides is 1. The Morgan fingerprint density at radius 2 is 1.77 bits per heavy atom. The van der Waals surface area contributed by atoms with E-state index >= 15 is 0 Å². The number of imide groups is 1. The van der Waals surface area contributed by atoms with E-state index < -0.39 is 34.0 Å². The van der Waals surface area contributed by atoms with Crippen molar-refractivity contribution in [2.24, 2.45) is 5.73 Å². The van der Waals surface area contributed by atoms with Crippen molar-refractivity contribution in [3.63, 3.8) is 0 Å². The molecule has 0 radical (unpaired) electrons. The summed E-state index contributed by atoms with van der Waals surface area (Å²) in [5.74, 6) is -1.83. The molecule has 10 nitrogen and oxygen atoms in total. The maximum Gasteiger partial charge on any atom is 0.338 e. The minimum atomic E-state index is -3.94. The van der Waals surface area contributed by atoms with Crippen molar-refractivity contribution < 1.29 is 32.3 Å². The van der Waals surface area contributed by atoms with Gasteiger partial charge in [0.2, 0.25) is 10.0 Å². The van der Waals surface area contributed by atoms with Crippen molar-refractivity contribution in [2.75, 3.05) is 7.11 Å². The van der Waals surface area contributed by atoms with Crippen LogP contribution in [0.25, 0.3) is 0 Å². The highest BCUT2D eigenvalue weighted by atomic mass is 32.2. The minimum absolute atomic E-state index is 0.0363. The van der Waals surface area contributed by atoms with Gasteiger partial charge >= 0.3 is 12.0 Å². The van der Waals surface area contributed by atoms with Gasteiger partial charge < -0.3 is 15.2 Å². The van der Waals surface area contributed by atoms with Crippen LogP contribution in [0.1, 0.15) is 31.1 Å². The summed E-state index contributed by atoms with van der Waals surface area (Å²) < 4.78 is 37.1. The van der Waals surface area contributed by atoms with E-state index in [1.165, 1.54) is 26.2 Å². The molecule has 1 atom stereocenters. The predicted molar refractivity (Wildman–Crippen MR) is 91.1 cm³/mol. The number of benzene rings is 1. The van der Waals surface area contributed by atoms with Gasteiger partial charge in [-0.1, -0.05) is 0 Å². The predicted octanol–water partition coefficient (Wildman–Crippen LogP) is 0.122. The van der Waals surface area contributed by atoms with Crippen LogP contribution in [0.3, 0.4) is 0 Å². The summed E-state index contributed by atoms with van der Waals surface area (Å²) in [5, 5.41) is 1.77. The topological polar surface area (TPSA) is 154 Å². The molecule has 0 bridgehead atoms. The van der Waals surface area contributed by atoms with E-state index in [1.807, 2.05) is 0 Å². The summed E-state index contributed by atoms with van der Waals surface area (Å²) in [6.45, 7) is 4.51. The number of urea groups is 1. The van der Waals surface area contributed by atoms with Crippen LogP contribution in [-0.4, -0.2) is 45.6 Å². The van der Waals surface area contributed by atoms with Gasteiger partial charge in [0.05, 0.1) is 12.7 Å². The average Bonchev–Trinajstić information content (AvgIpc) is 2.52. The molecular formula is C15H21N3O7S. The van der Waals surface area contributed by atoms with Crippen LogP contribution in [-0.2, 0) is 19.6 Å². The lowest BCUT2D eigenvalue weighted by atomic mass is 10.2. The molecule has 4 N–H and O–H groups in total. The number of hydrogen-bond acceptors (Lipinski definition) is 7. The van der Waals surface area contributed by atoms with Gasteiger partial charge in [-0.25, -0.2) is 22.7 Å². The Bertz CT molecular complexity index is 805. The van der Waals surface area contributed by atoms with Crippen molar-refractivity contribution in [1.29, 1.82) is 0 Å².